The number of rotatable bonds is 8. The lowest BCUT2D eigenvalue weighted by atomic mass is 10.2. The summed E-state index contributed by atoms with van der Waals surface area (Å²) in [5, 5.41) is 0.104. The minimum atomic E-state index is -3.98. The van der Waals surface area contributed by atoms with Crippen molar-refractivity contribution in [2.75, 3.05) is 24.4 Å². The Morgan fingerprint density at radius 2 is 1.68 bits per heavy atom. The van der Waals surface area contributed by atoms with E-state index in [9.17, 15) is 13.2 Å². The van der Waals surface area contributed by atoms with Gasteiger partial charge in [0.25, 0.3) is 15.9 Å². The lowest BCUT2D eigenvalue weighted by Gasteiger charge is -2.24. The fourth-order valence-electron chi connectivity index (χ4n) is 2.80. The molecule has 1 amide bonds. The normalized spacial score (nSPS) is 11.3. The Kier molecular flexibility index (Phi) is 7.75. The first kappa shape index (κ1) is 22.5. The molecule has 0 spiro atoms. The molecule has 0 radical (unpaired) electrons. The highest BCUT2D eigenvalue weighted by molar-refractivity contribution is 7.93. The molecular weight excluding hydrogens is 419 g/mol. The van der Waals surface area contributed by atoms with Gasteiger partial charge in [0.1, 0.15) is 4.90 Å². The molecule has 0 aromatic heterocycles. The Labute approximate surface area is 176 Å². The van der Waals surface area contributed by atoms with Crippen LogP contribution in [-0.2, 0) is 10.0 Å². The van der Waals surface area contributed by atoms with Crippen LogP contribution < -0.4 is 4.31 Å². The van der Waals surface area contributed by atoms with E-state index in [4.69, 9.17) is 23.2 Å². The third-order valence-corrected chi connectivity index (χ3v) is 7.03. The maximum Gasteiger partial charge on any atom is 0.265 e. The van der Waals surface area contributed by atoms with Crippen molar-refractivity contribution in [2.45, 2.75) is 31.6 Å². The molecule has 0 aliphatic carbocycles. The Hall–Kier alpha value is -1.76. The van der Waals surface area contributed by atoms with Crippen LogP contribution in [0, 0.1) is 0 Å². The van der Waals surface area contributed by atoms with Gasteiger partial charge in [0.15, 0.2) is 0 Å². The first-order chi connectivity index (χ1) is 13.2. The van der Waals surface area contributed by atoms with Crippen molar-refractivity contribution in [3.05, 3.63) is 58.1 Å². The van der Waals surface area contributed by atoms with E-state index in [1.54, 1.807) is 38.2 Å². The zero-order valence-electron chi connectivity index (χ0n) is 16.2. The van der Waals surface area contributed by atoms with Gasteiger partial charge in [0.2, 0.25) is 0 Å². The van der Waals surface area contributed by atoms with E-state index in [-0.39, 0.29) is 33.0 Å². The molecular formula is C20H24Cl2N2O3S. The van der Waals surface area contributed by atoms with E-state index < -0.39 is 10.0 Å². The third-order valence-electron chi connectivity index (χ3n) is 4.35. The molecule has 2 aromatic rings. The van der Waals surface area contributed by atoms with Gasteiger partial charge in [-0.3, -0.25) is 9.10 Å². The number of amides is 1. The standard InChI is InChI=1S/C20H24Cl2N2O3S/c1-4-6-12-23(3)20(25)16-13-19(18(22)14-17(16)21)28(26,27)24(5-2)15-10-8-7-9-11-15/h7-11,13-14H,4-6,12H2,1-3H3. The predicted molar refractivity (Wildman–Crippen MR) is 115 cm³/mol. The Balaban J connectivity index is 2.51. The molecule has 0 aliphatic rings. The van der Waals surface area contributed by atoms with Gasteiger partial charge in [-0.2, -0.15) is 0 Å². The molecule has 0 N–H and O–H groups in total. The summed E-state index contributed by atoms with van der Waals surface area (Å²) in [6, 6.07) is 11.3. The first-order valence-electron chi connectivity index (χ1n) is 9.06. The number of para-hydroxylation sites is 1. The van der Waals surface area contributed by atoms with Crippen LogP contribution >= 0.6 is 23.2 Å². The second kappa shape index (κ2) is 9.63. The molecule has 0 atom stereocenters. The van der Waals surface area contributed by atoms with Gasteiger partial charge < -0.3 is 4.90 Å². The van der Waals surface area contributed by atoms with Crippen LogP contribution in [0.5, 0.6) is 0 Å². The molecule has 2 aromatic carbocycles. The van der Waals surface area contributed by atoms with E-state index in [1.807, 2.05) is 13.0 Å². The fourth-order valence-corrected chi connectivity index (χ4v) is 5.10. The van der Waals surface area contributed by atoms with Gasteiger partial charge in [-0.25, -0.2) is 8.42 Å². The lowest BCUT2D eigenvalue weighted by Crippen LogP contribution is -2.32. The summed E-state index contributed by atoms with van der Waals surface area (Å²) in [7, 11) is -2.31. The van der Waals surface area contributed by atoms with Crippen LogP contribution in [0.25, 0.3) is 0 Å². The quantitative estimate of drug-likeness (QED) is 0.572. The summed E-state index contributed by atoms with van der Waals surface area (Å²) in [6.07, 6.45) is 1.78. The monoisotopic (exact) mass is 442 g/mol. The molecule has 28 heavy (non-hydrogen) atoms. The summed E-state index contributed by atoms with van der Waals surface area (Å²) in [4.78, 5) is 14.2. The maximum absolute atomic E-state index is 13.3. The molecule has 0 unspecified atom stereocenters. The number of anilines is 1. The average molecular weight is 443 g/mol. The molecule has 0 saturated heterocycles. The average Bonchev–Trinajstić information content (AvgIpc) is 2.66. The second-order valence-electron chi connectivity index (χ2n) is 6.35. The van der Waals surface area contributed by atoms with Crippen molar-refractivity contribution < 1.29 is 13.2 Å². The van der Waals surface area contributed by atoms with Crippen LogP contribution in [0.4, 0.5) is 5.69 Å². The van der Waals surface area contributed by atoms with E-state index in [1.165, 1.54) is 21.3 Å². The largest absolute Gasteiger partial charge is 0.342 e. The van der Waals surface area contributed by atoms with Crippen LogP contribution in [0.3, 0.4) is 0 Å². The van der Waals surface area contributed by atoms with Crippen LogP contribution in [0.15, 0.2) is 47.4 Å². The zero-order chi connectivity index (χ0) is 20.9. The van der Waals surface area contributed by atoms with Gasteiger partial charge in [-0.15, -0.1) is 0 Å². The van der Waals surface area contributed by atoms with Gasteiger partial charge >= 0.3 is 0 Å². The number of hydrogen-bond donors (Lipinski definition) is 0. The smallest absolute Gasteiger partial charge is 0.265 e. The lowest BCUT2D eigenvalue weighted by molar-refractivity contribution is 0.0793. The van der Waals surface area contributed by atoms with E-state index in [0.29, 0.717) is 12.2 Å². The maximum atomic E-state index is 13.3. The summed E-state index contributed by atoms with van der Waals surface area (Å²) in [6.45, 7) is 4.53. The number of carbonyl (C=O) groups is 1. The zero-order valence-corrected chi connectivity index (χ0v) is 18.5. The van der Waals surface area contributed by atoms with Crippen molar-refractivity contribution in [3.63, 3.8) is 0 Å². The molecule has 0 fully saturated rings. The number of sulfonamides is 1. The highest BCUT2D eigenvalue weighted by Gasteiger charge is 2.29. The molecule has 2 rings (SSSR count). The minimum Gasteiger partial charge on any atom is -0.342 e. The van der Waals surface area contributed by atoms with Crippen molar-refractivity contribution in [1.29, 1.82) is 0 Å². The van der Waals surface area contributed by atoms with Gasteiger partial charge in [-0.05, 0) is 37.6 Å². The second-order valence-corrected chi connectivity index (χ2v) is 8.99. The highest BCUT2D eigenvalue weighted by Crippen LogP contribution is 2.33. The summed E-state index contributed by atoms with van der Waals surface area (Å²) < 4.78 is 27.8. The molecule has 152 valence electrons. The third kappa shape index (κ3) is 4.80. The van der Waals surface area contributed by atoms with Crippen LogP contribution in [0.2, 0.25) is 10.0 Å². The SMILES string of the molecule is CCCCN(C)C(=O)c1cc(S(=O)(=O)N(CC)c2ccccc2)c(Cl)cc1Cl. The van der Waals surface area contributed by atoms with E-state index in [0.717, 1.165) is 12.8 Å². The molecule has 0 saturated carbocycles. The van der Waals surface area contributed by atoms with Crippen molar-refractivity contribution in [3.8, 4) is 0 Å². The first-order valence-corrected chi connectivity index (χ1v) is 11.3. The summed E-state index contributed by atoms with van der Waals surface area (Å²) in [5.74, 6) is -0.339. The van der Waals surface area contributed by atoms with Gasteiger partial charge in [0.05, 0.1) is 21.3 Å². The molecule has 5 nitrogen and oxygen atoms in total. The Bertz CT molecular complexity index is 934. The summed E-state index contributed by atoms with van der Waals surface area (Å²) in [5.41, 5.74) is 0.635. The summed E-state index contributed by atoms with van der Waals surface area (Å²) >= 11 is 12.4. The number of hydrogen-bond acceptors (Lipinski definition) is 3. The minimum absolute atomic E-state index is 0.0212. The van der Waals surface area contributed by atoms with E-state index >= 15 is 0 Å². The molecule has 0 aliphatic heterocycles. The van der Waals surface area contributed by atoms with Gasteiger partial charge in [-0.1, -0.05) is 54.7 Å². The van der Waals surface area contributed by atoms with Crippen LogP contribution in [-0.4, -0.2) is 39.4 Å². The topological polar surface area (TPSA) is 57.7 Å². The van der Waals surface area contributed by atoms with E-state index in [2.05, 4.69) is 0 Å². The molecule has 0 heterocycles. The number of nitrogens with zero attached hydrogens (tertiary/aromatic N) is 2. The van der Waals surface area contributed by atoms with Gasteiger partial charge in [0, 0.05) is 20.1 Å². The highest BCUT2D eigenvalue weighted by atomic mass is 35.5. The number of halogens is 2. The van der Waals surface area contributed by atoms with Crippen molar-refractivity contribution in [2.24, 2.45) is 0 Å². The van der Waals surface area contributed by atoms with Crippen LogP contribution in [0.1, 0.15) is 37.0 Å². The molecule has 0 bridgehead atoms. The number of unbranched alkanes of at least 4 members (excludes halogenated alkanes) is 1. The predicted octanol–water partition coefficient (Wildman–Crippen LogP) is 5.08. The fraction of sp³-hybridized carbons (Fsp3) is 0.350. The number of carbonyl (C=O) groups excluding carboxylic acids is 1. The Morgan fingerprint density at radius 3 is 2.25 bits per heavy atom. The van der Waals surface area contributed by atoms with Crippen molar-refractivity contribution in [1.82, 2.24) is 4.90 Å². The Morgan fingerprint density at radius 1 is 1.04 bits per heavy atom. The van der Waals surface area contributed by atoms with Crippen molar-refractivity contribution >= 4 is 44.8 Å². The number of benzene rings is 2. The molecule has 8 heteroatoms.